The molecule has 146 valence electrons. The number of fused-ring (bicyclic) bond motifs is 1. The van der Waals surface area contributed by atoms with Crippen LogP contribution in [-0.2, 0) is 6.54 Å². The standard InChI is InChI=1S/C23H28N4O/c1-17-21(23(28)20-15-19(25(2)3)9-10-22(20)24-17)16-26-11-13-27(14-12-26)18-7-5-4-6-8-18/h4-10,15H,11-14,16H2,1-3H3,(H,24,28)/p+1. The van der Waals surface area contributed by atoms with E-state index in [1.165, 1.54) is 10.6 Å². The number of quaternary nitrogens is 1. The van der Waals surface area contributed by atoms with E-state index in [2.05, 4.69) is 40.2 Å². The van der Waals surface area contributed by atoms with E-state index in [-0.39, 0.29) is 5.43 Å². The normalized spacial score (nSPS) is 15.2. The van der Waals surface area contributed by atoms with Gasteiger partial charge < -0.3 is 19.7 Å². The largest absolute Gasteiger partial charge is 0.378 e. The van der Waals surface area contributed by atoms with Crippen molar-refractivity contribution in [1.29, 1.82) is 0 Å². The lowest BCUT2D eigenvalue weighted by molar-refractivity contribution is -0.914. The van der Waals surface area contributed by atoms with Crippen molar-refractivity contribution in [3.05, 3.63) is 70.0 Å². The number of para-hydroxylation sites is 1. The Morgan fingerprint density at radius 2 is 1.79 bits per heavy atom. The summed E-state index contributed by atoms with van der Waals surface area (Å²) in [7, 11) is 4.00. The van der Waals surface area contributed by atoms with E-state index in [4.69, 9.17) is 0 Å². The molecule has 0 spiro atoms. The van der Waals surface area contributed by atoms with Gasteiger partial charge in [-0.25, -0.2) is 0 Å². The van der Waals surface area contributed by atoms with E-state index in [0.29, 0.717) is 0 Å². The first kappa shape index (κ1) is 18.6. The van der Waals surface area contributed by atoms with Crippen LogP contribution in [0, 0.1) is 6.92 Å². The van der Waals surface area contributed by atoms with Gasteiger partial charge in [0, 0.05) is 42.1 Å². The molecule has 5 nitrogen and oxygen atoms in total. The molecule has 0 aliphatic carbocycles. The molecule has 1 aromatic heterocycles. The average molecular weight is 378 g/mol. The Bertz CT molecular complexity index is 1020. The fourth-order valence-corrected chi connectivity index (χ4v) is 4.08. The van der Waals surface area contributed by atoms with Crippen LogP contribution >= 0.6 is 0 Å². The smallest absolute Gasteiger partial charge is 0.198 e. The van der Waals surface area contributed by atoms with Crippen LogP contribution in [0.3, 0.4) is 0 Å². The van der Waals surface area contributed by atoms with E-state index in [9.17, 15) is 4.79 Å². The van der Waals surface area contributed by atoms with Crippen LogP contribution in [0.2, 0.25) is 0 Å². The van der Waals surface area contributed by atoms with Gasteiger partial charge in [-0.05, 0) is 37.3 Å². The van der Waals surface area contributed by atoms with Gasteiger partial charge in [-0.3, -0.25) is 4.79 Å². The Kier molecular flexibility index (Phi) is 5.09. The van der Waals surface area contributed by atoms with Gasteiger partial charge in [0.1, 0.15) is 6.54 Å². The Labute approximate surface area is 166 Å². The van der Waals surface area contributed by atoms with E-state index in [1.807, 2.05) is 44.1 Å². The maximum Gasteiger partial charge on any atom is 0.198 e. The fourth-order valence-electron chi connectivity index (χ4n) is 4.08. The highest BCUT2D eigenvalue weighted by molar-refractivity contribution is 5.83. The molecule has 0 unspecified atom stereocenters. The molecule has 2 heterocycles. The molecule has 0 radical (unpaired) electrons. The van der Waals surface area contributed by atoms with Gasteiger partial charge in [-0.1, -0.05) is 18.2 Å². The third-order valence-electron chi connectivity index (χ3n) is 5.83. The maximum absolute atomic E-state index is 13.2. The summed E-state index contributed by atoms with van der Waals surface area (Å²) >= 11 is 0. The van der Waals surface area contributed by atoms with Crippen LogP contribution < -0.4 is 20.1 Å². The Hall–Kier alpha value is -2.79. The van der Waals surface area contributed by atoms with Gasteiger partial charge in [0.2, 0.25) is 0 Å². The number of H-pyrrole nitrogens is 1. The molecule has 4 rings (SSSR count). The monoisotopic (exact) mass is 377 g/mol. The predicted octanol–water partition coefficient (Wildman–Crippen LogP) is 1.81. The van der Waals surface area contributed by atoms with Gasteiger partial charge >= 0.3 is 0 Å². The van der Waals surface area contributed by atoms with Gasteiger partial charge in [-0.2, -0.15) is 0 Å². The number of nitrogens with zero attached hydrogens (tertiary/aromatic N) is 2. The zero-order valence-electron chi connectivity index (χ0n) is 17.0. The highest BCUT2D eigenvalue weighted by Gasteiger charge is 2.22. The molecule has 0 bridgehead atoms. The number of aromatic nitrogens is 1. The number of benzene rings is 2. The maximum atomic E-state index is 13.2. The molecule has 0 amide bonds. The molecular weight excluding hydrogens is 348 g/mol. The van der Waals surface area contributed by atoms with E-state index < -0.39 is 0 Å². The summed E-state index contributed by atoms with van der Waals surface area (Å²) in [5.41, 5.74) is 5.35. The van der Waals surface area contributed by atoms with Crippen molar-refractivity contribution in [2.45, 2.75) is 13.5 Å². The van der Waals surface area contributed by atoms with Crippen LogP contribution in [0.4, 0.5) is 11.4 Å². The second-order valence-electron chi connectivity index (χ2n) is 7.93. The molecule has 1 aliphatic rings. The topological polar surface area (TPSA) is 43.8 Å². The van der Waals surface area contributed by atoms with Crippen molar-refractivity contribution >= 4 is 22.3 Å². The van der Waals surface area contributed by atoms with Crippen LogP contribution in [0.1, 0.15) is 11.3 Å². The third kappa shape index (κ3) is 3.62. The number of rotatable bonds is 4. The van der Waals surface area contributed by atoms with Gasteiger partial charge in [0.25, 0.3) is 0 Å². The lowest BCUT2D eigenvalue weighted by atomic mass is 10.1. The van der Waals surface area contributed by atoms with E-state index in [0.717, 1.165) is 60.6 Å². The number of pyridine rings is 1. The fraction of sp³-hybridized carbons (Fsp3) is 0.348. The minimum absolute atomic E-state index is 0.174. The summed E-state index contributed by atoms with van der Waals surface area (Å²) in [6.45, 7) is 6.94. The molecule has 0 atom stereocenters. The first-order valence-corrected chi connectivity index (χ1v) is 9.99. The van der Waals surface area contributed by atoms with Crippen LogP contribution in [0.15, 0.2) is 53.3 Å². The third-order valence-corrected chi connectivity index (χ3v) is 5.83. The van der Waals surface area contributed by atoms with Gasteiger partial charge in [0.05, 0.1) is 31.7 Å². The highest BCUT2D eigenvalue weighted by atomic mass is 16.1. The molecule has 1 aliphatic heterocycles. The Morgan fingerprint density at radius 1 is 1.07 bits per heavy atom. The van der Waals surface area contributed by atoms with E-state index in [1.54, 1.807) is 0 Å². The Balaban J connectivity index is 1.54. The quantitative estimate of drug-likeness (QED) is 0.729. The zero-order valence-corrected chi connectivity index (χ0v) is 17.0. The molecular formula is C23H29N4O+. The molecule has 2 aromatic carbocycles. The molecule has 28 heavy (non-hydrogen) atoms. The number of piperazine rings is 1. The number of nitrogens with one attached hydrogen (secondary N) is 2. The molecule has 3 aromatic rings. The van der Waals surface area contributed by atoms with E-state index >= 15 is 0 Å². The summed E-state index contributed by atoms with van der Waals surface area (Å²) in [5, 5.41) is 0.786. The predicted molar refractivity (Wildman–Crippen MR) is 117 cm³/mol. The van der Waals surface area contributed by atoms with Crippen LogP contribution in [0.5, 0.6) is 0 Å². The summed E-state index contributed by atoms with van der Waals surface area (Å²) in [5.74, 6) is 0. The van der Waals surface area contributed by atoms with Crippen molar-refractivity contribution in [3.8, 4) is 0 Å². The second-order valence-corrected chi connectivity index (χ2v) is 7.93. The number of anilines is 2. The first-order chi connectivity index (χ1) is 13.5. The van der Waals surface area contributed by atoms with Gasteiger partial charge in [0.15, 0.2) is 5.43 Å². The average Bonchev–Trinajstić information content (AvgIpc) is 2.72. The summed E-state index contributed by atoms with van der Waals surface area (Å²) in [6.07, 6.45) is 0. The number of aryl methyl sites for hydroxylation is 1. The molecule has 1 fully saturated rings. The highest BCUT2D eigenvalue weighted by Crippen LogP contribution is 2.18. The first-order valence-electron chi connectivity index (χ1n) is 9.99. The van der Waals surface area contributed by atoms with Crippen molar-refractivity contribution in [3.63, 3.8) is 0 Å². The number of hydrogen-bond acceptors (Lipinski definition) is 3. The van der Waals surface area contributed by atoms with Crippen molar-refractivity contribution < 1.29 is 4.90 Å². The zero-order chi connectivity index (χ0) is 19.7. The molecule has 2 N–H and O–H groups in total. The lowest BCUT2D eigenvalue weighted by Gasteiger charge is -2.33. The lowest BCUT2D eigenvalue weighted by Crippen LogP contribution is -3.13. The minimum Gasteiger partial charge on any atom is -0.378 e. The minimum atomic E-state index is 0.174. The van der Waals surface area contributed by atoms with Crippen molar-refractivity contribution in [1.82, 2.24) is 4.98 Å². The summed E-state index contributed by atoms with van der Waals surface area (Å²) in [6, 6.07) is 16.6. The molecule has 0 saturated carbocycles. The second kappa shape index (κ2) is 7.68. The molecule has 1 saturated heterocycles. The molecule has 5 heteroatoms. The van der Waals surface area contributed by atoms with Crippen LogP contribution in [0.25, 0.3) is 10.9 Å². The SMILES string of the molecule is Cc1[nH]c2ccc(N(C)C)cc2c(=O)c1C[NH+]1CCN(c2ccccc2)CC1. The van der Waals surface area contributed by atoms with Crippen molar-refractivity contribution in [2.75, 3.05) is 50.1 Å². The van der Waals surface area contributed by atoms with Gasteiger partial charge in [-0.15, -0.1) is 0 Å². The van der Waals surface area contributed by atoms with Crippen molar-refractivity contribution in [2.24, 2.45) is 0 Å². The number of aromatic amines is 1. The Morgan fingerprint density at radius 3 is 2.46 bits per heavy atom. The summed E-state index contributed by atoms with van der Waals surface area (Å²) < 4.78 is 0. The summed E-state index contributed by atoms with van der Waals surface area (Å²) in [4.78, 5) is 22.6. The van der Waals surface area contributed by atoms with Crippen LogP contribution in [-0.4, -0.2) is 45.3 Å². The number of hydrogen-bond donors (Lipinski definition) is 2.